The van der Waals surface area contributed by atoms with Crippen LogP contribution in [0.25, 0.3) is 0 Å². The molecule has 0 saturated carbocycles. The molecule has 0 rings (SSSR count). The summed E-state index contributed by atoms with van der Waals surface area (Å²) in [6.07, 6.45) is -1.52. The molecular weight excluding hydrogens is 224 g/mol. The molecule has 7 heteroatoms. The lowest BCUT2D eigenvalue weighted by Gasteiger charge is -2.16. The van der Waals surface area contributed by atoms with E-state index in [1.165, 1.54) is 28.4 Å². The summed E-state index contributed by atoms with van der Waals surface area (Å²) in [5.41, 5.74) is 0. The van der Waals surface area contributed by atoms with Crippen molar-refractivity contribution >= 4 is 9.84 Å². The van der Waals surface area contributed by atoms with Gasteiger partial charge in [-0.2, -0.15) is 0 Å². The van der Waals surface area contributed by atoms with Gasteiger partial charge in [0.05, 0.1) is 0 Å². The molecule has 0 saturated heterocycles. The van der Waals surface area contributed by atoms with Crippen molar-refractivity contribution in [3.8, 4) is 0 Å². The van der Waals surface area contributed by atoms with Crippen molar-refractivity contribution in [3.05, 3.63) is 0 Å². The average molecular weight is 242 g/mol. The highest BCUT2D eigenvalue weighted by atomic mass is 32.2. The lowest BCUT2D eigenvalue weighted by Crippen LogP contribution is -2.32. The van der Waals surface area contributed by atoms with Crippen molar-refractivity contribution in [3.63, 3.8) is 0 Å². The Bertz CT molecular complexity index is 222. The minimum atomic E-state index is -3.33. The Morgan fingerprint density at radius 3 is 1.27 bits per heavy atom. The van der Waals surface area contributed by atoms with Crippen LogP contribution in [-0.2, 0) is 28.8 Å². The average Bonchev–Trinajstić information content (AvgIpc) is 2.22. The van der Waals surface area contributed by atoms with E-state index in [-0.39, 0.29) is 11.5 Å². The fourth-order valence-electron chi connectivity index (χ4n) is 0.947. The Labute approximate surface area is 90.4 Å². The number of sulfone groups is 1. The van der Waals surface area contributed by atoms with E-state index in [4.69, 9.17) is 18.9 Å². The molecule has 0 atom stereocenters. The minimum absolute atomic E-state index is 0.219. The standard InChI is InChI=1S/C8H18O6S/c1-11-7(12-2)5-15(9,10)6-8(13-3)14-4/h7-8H,5-6H2,1-4H3. The van der Waals surface area contributed by atoms with Gasteiger partial charge in [-0.3, -0.25) is 0 Å². The molecule has 0 aliphatic heterocycles. The van der Waals surface area contributed by atoms with Crippen LogP contribution in [0, 0.1) is 0 Å². The molecule has 0 aromatic heterocycles. The Morgan fingerprint density at radius 1 is 0.800 bits per heavy atom. The summed E-state index contributed by atoms with van der Waals surface area (Å²) in [5.74, 6) is -0.438. The molecule has 0 spiro atoms. The summed E-state index contributed by atoms with van der Waals surface area (Å²) in [5, 5.41) is 0. The second kappa shape index (κ2) is 7.13. The van der Waals surface area contributed by atoms with Crippen molar-refractivity contribution in [2.24, 2.45) is 0 Å². The molecular formula is C8H18O6S. The van der Waals surface area contributed by atoms with Gasteiger partial charge in [-0.25, -0.2) is 8.42 Å². The van der Waals surface area contributed by atoms with Crippen LogP contribution in [0.1, 0.15) is 0 Å². The smallest absolute Gasteiger partial charge is 0.170 e. The number of hydrogen-bond donors (Lipinski definition) is 0. The first-order chi connectivity index (χ1) is 6.99. The van der Waals surface area contributed by atoms with Gasteiger partial charge in [0.15, 0.2) is 22.4 Å². The molecule has 0 N–H and O–H groups in total. The monoisotopic (exact) mass is 242 g/mol. The van der Waals surface area contributed by atoms with Crippen LogP contribution < -0.4 is 0 Å². The van der Waals surface area contributed by atoms with Crippen LogP contribution in [-0.4, -0.2) is 60.9 Å². The highest BCUT2D eigenvalue weighted by Crippen LogP contribution is 2.03. The largest absolute Gasteiger partial charge is 0.355 e. The summed E-state index contributed by atoms with van der Waals surface area (Å²) >= 11 is 0. The van der Waals surface area contributed by atoms with E-state index in [9.17, 15) is 8.42 Å². The van der Waals surface area contributed by atoms with Crippen molar-refractivity contribution in [1.82, 2.24) is 0 Å². The van der Waals surface area contributed by atoms with Gasteiger partial charge < -0.3 is 18.9 Å². The van der Waals surface area contributed by atoms with E-state index in [0.717, 1.165) is 0 Å². The molecule has 0 heterocycles. The molecule has 0 fully saturated rings. The lowest BCUT2D eigenvalue weighted by molar-refractivity contribution is -0.0898. The number of rotatable bonds is 8. The molecule has 15 heavy (non-hydrogen) atoms. The third kappa shape index (κ3) is 6.06. The van der Waals surface area contributed by atoms with Crippen LogP contribution in [0.15, 0.2) is 0 Å². The second-order valence-electron chi connectivity index (χ2n) is 2.88. The predicted octanol–water partition coefficient (Wildman–Crippen LogP) is -0.361. The summed E-state index contributed by atoms with van der Waals surface area (Å²) in [7, 11) is 2.20. The fourth-order valence-corrected chi connectivity index (χ4v) is 2.46. The van der Waals surface area contributed by atoms with Crippen LogP contribution in [0.5, 0.6) is 0 Å². The van der Waals surface area contributed by atoms with Crippen molar-refractivity contribution < 1.29 is 27.4 Å². The molecule has 0 radical (unpaired) electrons. The van der Waals surface area contributed by atoms with Crippen LogP contribution in [0.4, 0.5) is 0 Å². The first-order valence-electron chi connectivity index (χ1n) is 4.30. The maximum atomic E-state index is 11.6. The van der Waals surface area contributed by atoms with E-state index >= 15 is 0 Å². The molecule has 0 aliphatic carbocycles. The lowest BCUT2D eigenvalue weighted by atomic mass is 10.7. The van der Waals surface area contributed by atoms with Crippen molar-refractivity contribution in [1.29, 1.82) is 0 Å². The summed E-state index contributed by atoms with van der Waals surface area (Å²) in [4.78, 5) is 0. The quantitative estimate of drug-likeness (QED) is 0.541. The SMILES string of the molecule is COC(CS(=O)(=O)CC(OC)OC)OC. The van der Waals surface area contributed by atoms with E-state index in [0.29, 0.717) is 0 Å². The van der Waals surface area contributed by atoms with Gasteiger partial charge >= 0.3 is 0 Å². The second-order valence-corrected chi connectivity index (χ2v) is 5.03. The maximum absolute atomic E-state index is 11.6. The van der Waals surface area contributed by atoms with Gasteiger partial charge in [0, 0.05) is 28.4 Å². The normalized spacial score (nSPS) is 12.7. The van der Waals surface area contributed by atoms with Gasteiger partial charge in [-0.05, 0) is 0 Å². The van der Waals surface area contributed by atoms with Gasteiger partial charge in [0.2, 0.25) is 0 Å². The Morgan fingerprint density at radius 2 is 1.07 bits per heavy atom. The molecule has 0 amide bonds. The molecule has 0 aliphatic rings. The van der Waals surface area contributed by atoms with Gasteiger partial charge in [-0.15, -0.1) is 0 Å². The van der Waals surface area contributed by atoms with E-state index in [2.05, 4.69) is 0 Å². The summed E-state index contributed by atoms with van der Waals surface area (Å²) in [6.45, 7) is 0. The molecule has 0 aromatic carbocycles. The third-order valence-electron chi connectivity index (χ3n) is 1.83. The zero-order chi connectivity index (χ0) is 11.9. The zero-order valence-corrected chi connectivity index (χ0v) is 10.2. The van der Waals surface area contributed by atoms with Crippen LogP contribution >= 0.6 is 0 Å². The van der Waals surface area contributed by atoms with Gasteiger partial charge in [0.1, 0.15) is 11.5 Å². The van der Waals surface area contributed by atoms with Crippen molar-refractivity contribution in [2.45, 2.75) is 12.6 Å². The summed E-state index contributed by atoms with van der Waals surface area (Å²) < 4.78 is 42.3. The van der Waals surface area contributed by atoms with E-state index in [1.807, 2.05) is 0 Å². The molecule has 0 bridgehead atoms. The first-order valence-corrected chi connectivity index (χ1v) is 6.12. The first kappa shape index (κ1) is 14.8. The zero-order valence-electron chi connectivity index (χ0n) is 9.43. The molecule has 0 aromatic rings. The molecule has 6 nitrogen and oxygen atoms in total. The van der Waals surface area contributed by atoms with Gasteiger partial charge in [-0.1, -0.05) is 0 Å². The highest BCUT2D eigenvalue weighted by molar-refractivity contribution is 7.91. The minimum Gasteiger partial charge on any atom is -0.355 e. The van der Waals surface area contributed by atoms with Crippen molar-refractivity contribution in [2.75, 3.05) is 39.9 Å². The Kier molecular flexibility index (Phi) is 7.03. The molecule has 0 unspecified atom stereocenters. The fraction of sp³-hybridized carbons (Fsp3) is 1.00. The summed E-state index contributed by atoms with van der Waals surface area (Å²) in [6, 6.07) is 0. The van der Waals surface area contributed by atoms with E-state index in [1.54, 1.807) is 0 Å². The van der Waals surface area contributed by atoms with Crippen LogP contribution in [0.3, 0.4) is 0 Å². The Balaban J connectivity index is 4.29. The maximum Gasteiger partial charge on any atom is 0.170 e. The van der Waals surface area contributed by atoms with Crippen LogP contribution in [0.2, 0.25) is 0 Å². The number of methoxy groups -OCH3 is 4. The Hall–Kier alpha value is -0.210. The highest BCUT2D eigenvalue weighted by Gasteiger charge is 2.23. The molecule has 92 valence electrons. The topological polar surface area (TPSA) is 71.1 Å². The third-order valence-corrected chi connectivity index (χ3v) is 3.39. The van der Waals surface area contributed by atoms with E-state index < -0.39 is 22.4 Å². The predicted molar refractivity (Wildman–Crippen MR) is 54.3 cm³/mol. The number of hydrogen-bond acceptors (Lipinski definition) is 6. The van der Waals surface area contributed by atoms with Gasteiger partial charge in [0.25, 0.3) is 0 Å². The number of ether oxygens (including phenoxy) is 4.